The molecule has 1 saturated heterocycles. The summed E-state index contributed by atoms with van der Waals surface area (Å²) in [5, 5.41) is 18.1. The van der Waals surface area contributed by atoms with Crippen LogP contribution >= 0.6 is 0 Å². The molecule has 0 amide bonds. The third kappa shape index (κ3) is 4.81. The highest BCUT2D eigenvalue weighted by Crippen LogP contribution is 2.31. The lowest BCUT2D eigenvalue weighted by Gasteiger charge is -2.35. The van der Waals surface area contributed by atoms with Crippen molar-refractivity contribution < 1.29 is 18.3 Å². The number of rotatable bonds is 6. The lowest BCUT2D eigenvalue weighted by Crippen LogP contribution is -2.48. The van der Waals surface area contributed by atoms with Crippen LogP contribution in [0.1, 0.15) is 5.56 Å². The van der Waals surface area contributed by atoms with Crippen molar-refractivity contribution >= 4 is 15.7 Å². The molecule has 0 aliphatic carbocycles. The second-order valence-corrected chi connectivity index (χ2v) is 8.61. The summed E-state index contributed by atoms with van der Waals surface area (Å²) >= 11 is 0. The quantitative estimate of drug-likeness (QED) is 0.792. The third-order valence-corrected chi connectivity index (χ3v) is 5.97. The second-order valence-electron chi connectivity index (χ2n) is 6.63. The molecule has 0 atom stereocenters. The van der Waals surface area contributed by atoms with E-state index in [1.54, 1.807) is 12.1 Å². The van der Waals surface area contributed by atoms with Gasteiger partial charge in [-0.2, -0.15) is 9.57 Å². The Morgan fingerprint density at radius 2 is 1.75 bits per heavy atom. The second kappa shape index (κ2) is 8.61. The number of ether oxygens (including phenoxy) is 1. The molecule has 8 heteroatoms. The Bertz CT molecular complexity index is 960. The first-order valence-corrected chi connectivity index (χ1v) is 10.8. The minimum Gasteiger partial charge on any atom is -0.491 e. The van der Waals surface area contributed by atoms with Crippen LogP contribution in [0.4, 0.5) is 5.69 Å². The molecule has 0 spiro atoms. The number of anilines is 1. The fourth-order valence-corrected chi connectivity index (χ4v) is 4.02. The van der Waals surface area contributed by atoms with Crippen molar-refractivity contribution in [3.8, 4) is 22.9 Å². The molecule has 148 valence electrons. The Hall–Kier alpha value is -2.60. The fourth-order valence-electron chi connectivity index (χ4n) is 3.19. The Labute approximate surface area is 165 Å². The number of piperazine rings is 1. The zero-order chi connectivity index (χ0) is 20.1. The smallest absolute Gasteiger partial charge is 0.211 e. The fraction of sp³-hybridized carbons (Fsp3) is 0.350. The van der Waals surface area contributed by atoms with Gasteiger partial charge < -0.3 is 14.7 Å². The number of nitrogens with zero attached hydrogens (tertiary/aromatic N) is 3. The highest BCUT2D eigenvalue weighted by atomic mass is 32.2. The number of nitriles is 1. The van der Waals surface area contributed by atoms with Crippen LogP contribution in [0, 0.1) is 11.3 Å². The highest BCUT2D eigenvalue weighted by molar-refractivity contribution is 7.88. The molecule has 1 fully saturated rings. The van der Waals surface area contributed by atoms with E-state index in [2.05, 4.69) is 11.0 Å². The molecule has 1 aliphatic heterocycles. The lowest BCUT2D eigenvalue weighted by molar-refractivity contribution is 0.201. The molecule has 3 rings (SSSR count). The number of aliphatic hydroxyl groups excluding tert-OH is 1. The molecule has 0 bridgehead atoms. The predicted octanol–water partition coefficient (Wildman–Crippen LogP) is 1.68. The van der Waals surface area contributed by atoms with E-state index < -0.39 is 10.0 Å². The maximum Gasteiger partial charge on any atom is 0.211 e. The summed E-state index contributed by atoms with van der Waals surface area (Å²) in [7, 11) is -3.18. The lowest BCUT2D eigenvalue weighted by atomic mass is 10.0. The highest BCUT2D eigenvalue weighted by Gasteiger charge is 2.24. The van der Waals surface area contributed by atoms with Gasteiger partial charge in [-0.15, -0.1) is 0 Å². The Morgan fingerprint density at radius 1 is 1.07 bits per heavy atom. The van der Waals surface area contributed by atoms with Crippen LogP contribution in [0.15, 0.2) is 42.5 Å². The molecule has 1 heterocycles. The van der Waals surface area contributed by atoms with Crippen LogP contribution in [-0.4, -0.2) is 63.5 Å². The zero-order valence-electron chi connectivity index (χ0n) is 15.7. The maximum atomic E-state index is 11.7. The van der Waals surface area contributed by atoms with Gasteiger partial charge in [0.1, 0.15) is 12.4 Å². The first kappa shape index (κ1) is 20.1. The van der Waals surface area contributed by atoms with Crippen molar-refractivity contribution in [2.24, 2.45) is 0 Å². The number of hydrogen-bond acceptors (Lipinski definition) is 6. The molecule has 0 radical (unpaired) electrons. The van der Waals surface area contributed by atoms with Gasteiger partial charge in [0.15, 0.2) is 0 Å². The van der Waals surface area contributed by atoms with Crippen LogP contribution in [0.2, 0.25) is 0 Å². The average Bonchev–Trinajstić information content (AvgIpc) is 2.71. The number of sulfonamides is 1. The molecular weight excluding hydrogens is 378 g/mol. The Morgan fingerprint density at radius 3 is 2.32 bits per heavy atom. The summed E-state index contributed by atoms with van der Waals surface area (Å²) < 4.78 is 30.6. The van der Waals surface area contributed by atoms with Crippen molar-refractivity contribution in [1.29, 1.82) is 5.26 Å². The van der Waals surface area contributed by atoms with E-state index in [0.29, 0.717) is 37.5 Å². The molecule has 1 N–H and O–H groups in total. The summed E-state index contributed by atoms with van der Waals surface area (Å²) in [5.74, 6) is 0.636. The van der Waals surface area contributed by atoms with Crippen LogP contribution < -0.4 is 9.64 Å². The van der Waals surface area contributed by atoms with E-state index in [1.165, 1.54) is 10.6 Å². The number of aliphatic hydroxyl groups is 1. The van der Waals surface area contributed by atoms with E-state index in [0.717, 1.165) is 16.8 Å². The van der Waals surface area contributed by atoms with E-state index in [9.17, 15) is 8.42 Å². The molecule has 7 nitrogen and oxygen atoms in total. The van der Waals surface area contributed by atoms with Crippen molar-refractivity contribution in [3.05, 3.63) is 48.0 Å². The first-order chi connectivity index (χ1) is 13.4. The van der Waals surface area contributed by atoms with Gasteiger partial charge in [0.05, 0.1) is 24.5 Å². The van der Waals surface area contributed by atoms with Gasteiger partial charge >= 0.3 is 0 Å². The summed E-state index contributed by atoms with van der Waals surface area (Å²) in [6.07, 6.45) is 1.23. The molecule has 2 aromatic rings. The third-order valence-electron chi connectivity index (χ3n) is 4.67. The summed E-state index contributed by atoms with van der Waals surface area (Å²) in [6, 6.07) is 15.2. The predicted molar refractivity (Wildman–Crippen MR) is 108 cm³/mol. The Kier molecular flexibility index (Phi) is 6.19. The van der Waals surface area contributed by atoms with Crippen molar-refractivity contribution in [3.63, 3.8) is 0 Å². The van der Waals surface area contributed by atoms with Crippen LogP contribution in [0.3, 0.4) is 0 Å². The molecule has 0 saturated carbocycles. The molecule has 0 unspecified atom stereocenters. The van der Waals surface area contributed by atoms with E-state index in [-0.39, 0.29) is 13.2 Å². The van der Waals surface area contributed by atoms with Crippen LogP contribution in [-0.2, 0) is 10.0 Å². The minimum absolute atomic E-state index is 0.0799. The van der Waals surface area contributed by atoms with Gasteiger partial charge in [0.2, 0.25) is 10.0 Å². The van der Waals surface area contributed by atoms with Gasteiger partial charge in [-0.1, -0.05) is 12.1 Å². The van der Waals surface area contributed by atoms with Gasteiger partial charge in [0.25, 0.3) is 0 Å². The van der Waals surface area contributed by atoms with Crippen molar-refractivity contribution in [1.82, 2.24) is 4.31 Å². The van der Waals surface area contributed by atoms with Crippen molar-refractivity contribution in [2.75, 3.05) is 50.5 Å². The van der Waals surface area contributed by atoms with Gasteiger partial charge in [-0.05, 0) is 35.4 Å². The van der Waals surface area contributed by atoms with E-state index in [1.807, 2.05) is 30.3 Å². The van der Waals surface area contributed by atoms with E-state index in [4.69, 9.17) is 15.1 Å². The first-order valence-electron chi connectivity index (χ1n) is 9.00. The summed E-state index contributed by atoms with van der Waals surface area (Å²) in [4.78, 5) is 2.13. The van der Waals surface area contributed by atoms with Gasteiger partial charge in [-0.3, -0.25) is 0 Å². The SMILES string of the molecule is CS(=O)(=O)N1CCN(c2cc(OCCO)cc(-c3ccc(C#N)cc3)c2)CC1. The monoisotopic (exact) mass is 401 g/mol. The largest absolute Gasteiger partial charge is 0.491 e. The molecule has 28 heavy (non-hydrogen) atoms. The zero-order valence-corrected chi connectivity index (χ0v) is 16.5. The van der Waals surface area contributed by atoms with Gasteiger partial charge in [0, 0.05) is 37.9 Å². The summed E-state index contributed by atoms with van der Waals surface area (Å²) in [5.41, 5.74) is 3.40. The van der Waals surface area contributed by atoms with Crippen molar-refractivity contribution in [2.45, 2.75) is 0 Å². The maximum absolute atomic E-state index is 11.7. The van der Waals surface area contributed by atoms with E-state index >= 15 is 0 Å². The molecule has 2 aromatic carbocycles. The summed E-state index contributed by atoms with van der Waals surface area (Å²) in [6.45, 7) is 2.16. The molecule has 0 aromatic heterocycles. The van der Waals surface area contributed by atoms with Gasteiger partial charge in [-0.25, -0.2) is 8.42 Å². The average molecular weight is 401 g/mol. The van der Waals surface area contributed by atoms with Crippen LogP contribution in [0.5, 0.6) is 5.75 Å². The number of benzene rings is 2. The Balaban J connectivity index is 1.89. The standard InChI is InChI=1S/C20H23N3O4S/c1-28(25,26)23-8-6-22(7-9-23)19-12-18(13-20(14-19)27-11-10-24)17-4-2-16(15-21)3-5-17/h2-5,12-14,24H,6-11H2,1H3. The molecule has 1 aliphatic rings. The minimum atomic E-state index is -3.18. The normalized spacial score (nSPS) is 15.2. The topological polar surface area (TPSA) is 93.9 Å². The van der Waals surface area contributed by atoms with Crippen LogP contribution in [0.25, 0.3) is 11.1 Å². The molecular formula is C20H23N3O4S. The number of hydrogen-bond donors (Lipinski definition) is 1.